The van der Waals surface area contributed by atoms with E-state index in [0.717, 1.165) is 99.6 Å². The number of nitrogens with one attached hydrogen (secondary N) is 2. The Balaban J connectivity index is 0.000000162. The average Bonchev–Trinajstić information content (AvgIpc) is 1.63. The first-order chi connectivity index (χ1) is 51.5. The second-order valence-corrected chi connectivity index (χ2v) is 24.7. The predicted molar refractivity (Wildman–Crippen MR) is 380 cm³/mol. The number of carbonyl (C=O) groups is 7. The molecule has 4 aliphatic rings. The molecular formula is C77H82N12O17. The van der Waals surface area contributed by atoms with Crippen molar-refractivity contribution in [2.24, 2.45) is 0 Å². The van der Waals surface area contributed by atoms with E-state index < -0.39 is 72.6 Å². The van der Waals surface area contributed by atoms with E-state index in [1.807, 2.05) is 60.7 Å². The fraction of sp³-hybridized carbons (Fsp3) is 0.338. The van der Waals surface area contributed by atoms with Crippen LogP contribution in [0.4, 0.5) is 21.0 Å². The van der Waals surface area contributed by atoms with Crippen LogP contribution in [0.2, 0.25) is 0 Å². The lowest BCUT2D eigenvalue weighted by atomic mass is 9.99. The van der Waals surface area contributed by atoms with Gasteiger partial charge in [-0.2, -0.15) is 0 Å². The van der Waals surface area contributed by atoms with Crippen LogP contribution in [0.5, 0.6) is 0 Å². The number of anilines is 2. The molecule has 13 rings (SSSR count). The van der Waals surface area contributed by atoms with Crippen LogP contribution < -0.4 is 10.6 Å². The largest absolute Gasteiger partial charge is 0.479 e. The molecule has 0 aliphatic heterocycles. The molecular weight excluding hydrogens is 1360 g/mol. The molecule has 5 heterocycles. The minimum Gasteiger partial charge on any atom is -0.479 e. The van der Waals surface area contributed by atoms with Crippen molar-refractivity contribution in [2.45, 2.75) is 160 Å². The average molecular weight is 1450 g/mol. The zero-order valence-corrected chi connectivity index (χ0v) is 58.2. The number of rotatable bonds is 24. The van der Waals surface area contributed by atoms with Gasteiger partial charge in [-0.3, -0.25) is 60.5 Å². The zero-order chi connectivity index (χ0) is 75.0. The lowest BCUT2D eigenvalue weighted by Gasteiger charge is -2.19. The smallest absolute Gasteiger partial charge is 0.412 e. The number of carboxylic acid groups (broad SMARTS) is 2. The van der Waals surface area contributed by atoms with Gasteiger partial charge in [0.15, 0.2) is 18.3 Å². The fourth-order valence-corrected chi connectivity index (χ4v) is 12.1. The third kappa shape index (κ3) is 24.3. The number of hydrogen-bond donors (Lipinski definition) is 7. The van der Waals surface area contributed by atoms with E-state index >= 15 is 0 Å². The quantitative estimate of drug-likeness (QED) is 0.0226. The molecule has 0 bridgehead atoms. The number of benzene rings is 4. The van der Waals surface area contributed by atoms with Gasteiger partial charge in [-0.1, -0.05) is 72.8 Å². The molecule has 552 valence electrons. The second-order valence-electron chi connectivity index (χ2n) is 24.7. The summed E-state index contributed by atoms with van der Waals surface area (Å²) in [5.41, 5.74) is 16.0. The summed E-state index contributed by atoms with van der Waals surface area (Å²) in [6.07, 6.45) is 27.4. The van der Waals surface area contributed by atoms with Crippen LogP contribution >= 0.6 is 0 Å². The molecule has 5 atom stereocenters. The Bertz CT molecular complexity index is 4270. The number of nitrogens with zero attached hydrogens (tertiary/aromatic N) is 10. The molecule has 29 nitrogen and oxygen atoms in total. The van der Waals surface area contributed by atoms with Gasteiger partial charge in [-0.05, 0) is 140 Å². The summed E-state index contributed by atoms with van der Waals surface area (Å²) in [5.74, 6) is -4.36. The number of ether oxygens (including phenoxy) is 5. The van der Waals surface area contributed by atoms with Gasteiger partial charge < -0.3 is 49.2 Å². The first-order valence-electron chi connectivity index (χ1n) is 34.6. The second kappa shape index (κ2) is 40.8. The van der Waals surface area contributed by atoms with Crippen molar-refractivity contribution in [2.75, 3.05) is 17.2 Å². The van der Waals surface area contributed by atoms with Crippen LogP contribution in [0.15, 0.2) is 166 Å². The molecule has 7 N–H and O–H groups in total. The number of aromatic nitrogens is 10. The normalized spacial score (nSPS) is 13.8. The van der Waals surface area contributed by atoms with E-state index in [1.54, 1.807) is 25.5 Å². The maximum absolute atomic E-state index is 13.0. The van der Waals surface area contributed by atoms with E-state index in [9.17, 15) is 48.9 Å². The number of hydrogen-bond acceptors (Lipinski definition) is 25. The molecule has 9 aromatic rings. The lowest BCUT2D eigenvalue weighted by Crippen LogP contribution is -2.33. The summed E-state index contributed by atoms with van der Waals surface area (Å²) in [6.45, 7) is 2.20. The Morgan fingerprint density at radius 3 is 1.04 bits per heavy atom. The fourth-order valence-electron chi connectivity index (χ4n) is 12.1. The van der Waals surface area contributed by atoms with Crippen LogP contribution in [0.3, 0.4) is 0 Å². The Kier molecular flexibility index (Phi) is 30.1. The van der Waals surface area contributed by atoms with E-state index in [-0.39, 0.29) is 51.9 Å². The number of amides is 2. The molecule has 4 aromatic carbocycles. The maximum atomic E-state index is 13.0. The molecule has 0 fully saturated rings. The van der Waals surface area contributed by atoms with Gasteiger partial charge in [0, 0.05) is 125 Å². The highest BCUT2D eigenvalue weighted by Crippen LogP contribution is 2.40. The highest BCUT2D eigenvalue weighted by atomic mass is 16.6. The van der Waals surface area contributed by atoms with Crippen molar-refractivity contribution < 1.29 is 82.8 Å². The number of aryl methyl sites for hydroxylation is 4. The molecule has 0 saturated heterocycles. The SMILES string of the molecule is CCOC(=O)C(O)Cc1cnccn1.O=C(Nc1c2c(cc3c1CCC3)CCC2)OC(Cc1cnccn1)C(=O)OCc1ccccc1.O=C(Nc1c2c(cc3c1CCC3)CCC2)O[C@H](Cc1cnccn1)C(=O)O.O=C(O)C(O)Cc1cnccn1.O=C(OCc1ccccc1)C(O)Cc1cnccn1. The van der Waals surface area contributed by atoms with Crippen LogP contribution in [0.1, 0.15) is 117 Å². The minimum atomic E-state index is -1.40. The number of carboxylic acids is 2. The number of fused-ring (bicyclic) bond motifs is 4. The maximum Gasteiger partial charge on any atom is 0.412 e. The topological polar surface area (TPSA) is 420 Å². The van der Waals surface area contributed by atoms with E-state index in [1.165, 1.54) is 119 Å². The summed E-state index contributed by atoms with van der Waals surface area (Å²) in [5, 5.41) is 51.6. The summed E-state index contributed by atoms with van der Waals surface area (Å²) in [6, 6.07) is 23.3. The monoisotopic (exact) mass is 1450 g/mol. The number of aliphatic hydroxyl groups is 3. The van der Waals surface area contributed by atoms with Crippen molar-refractivity contribution in [1.29, 1.82) is 0 Å². The standard InChI is InChI=1S/C27H27N3O4.C20H21N3O4.C14H14N2O3.C9H12N2O3.C7H8N2O3/c31-26(33-17-18-6-2-1-3-7-18)24(15-21-16-28-12-13-29-21)34-27(32)30-25-22-10-4-8-19(22)14-20-9-5-11-23(20)25;24-19(25)17(10-14-11-21-7-8-22-14)27-20(26)23-18-15-5-1-3-12(15)9-13-4-2-6-16(13)18;17-13(8-12-9-15-6-7-16-12)14(18)19-10-11-4-2-1-3-5-11;1-2-14-9(13)8(12)5-7-6-10-3-4-11-7;10-6(7(11)12)3-5-4-8-1-2-9-5/h1-3,6-7,12-14,16,24H,4-5,8-11,15,17H2,(H,30,32);7-9,11,17H,1-6,10H2,(H,23,26)(H,24,25);1-7,9,13,17H,8,10H2;3-4,6,8,12H,2,5H2,1H3;1-2,4,6,10H,3H2,(H,11,12)/t;17-;;;/m.1.../s1. The number of carbonyl (C=O) groups excluding carboxylic acids is 5. The van der Waals surface area contributed by atoms with Crippen molar-refractivity contribution in [3.63, 3.8) is 0 Å². The molecule has 5 aromatic heterocycles. The summed E-state index contributed by atoms with van der Waals surface area (Å²) in [7, 11) is 0. The molecule has 106 heavy (non-hydrogen) atoms. The number of aliphatic carboxylic acids is 2. The molecule has 0 radical (unpaired) electrons. The summed E-state index contributed by atoms with van der Waals surface area (Å²) in [4.78, 5) is 122. The van der Waals surface area contributed by atoms with Gasteiger partial charge >= 0.3 is 42.0 Å². The van der Waals surface area contributed by atoms with Gasteiger partial charge in [-0.25, -0.2) is 33.6 Å². The van der Waals surface area contributed by atoms with E-state index in [0.29, 0.717) is 28.5 Å². The van der Waals surface area contributed by atoms with Crippen LogP contribution in [-0.2, 0) is 144 Å². The molecule has 29 heteroatoms. The highest BCUT2D eigenvalue weighted by Gasteiger charge is 2.32. The van der Waals surface area contributed by atoms with Crippen molar-refractivity contribution in [1.82, 2.24) is 49.8 Å². The van der Waals surface area contributed by atoms with Crippen molar-refractivity contribution in [3.8, 4) is 0 Å². The highest BCUT2D eigenvalue weighted by molar-refractivity contribution is 5.91. The molecule has 4 aliphatic carbocycles. The van der Waals surface area contributed by atoms with Gasteiger partial charge in [-0.15, -0.1) is 0 Å². The lowest BCUT2D eigenvalue weighted by molar-refractivity contribution is -0.155. The zero-order valence-electron chi connectivity index (χ0n) is 58.2. The Labute approximate surface area is 610 Å². The third-order valence-electron chi connectivity index (χ3n) is 17.1. The van der Waals surface area contributed by atoms with E-state index in [4.69, 9.17) is 29.2 Å². The Morgan fingerprint density at radius 2 is 0.708 bits per heavy atom. The van der Waals surface area contributed by atoms with Crippen molar-refractivity contribution >= 4 is 53.4 Å². The van der Waals surface area contributed by atoms with Crippen LogP contribution in [-0.4, -0.2) is 155 Å². The number of esters is 3. The van der Waals surface area contributed by atoms with Gasteiger partial charge in [0.2, 0.25) is 12.2 Å². The molecule has 0 spiro atoms. The number of aliphatic hydroxyl groups excluding tert-OH is 3. The minimum absolute atomic E-state index is 0.0107. The first-order valence-corrected chi connectivity index (χ1v) is 34.6. The first kappa shape index (κ1) is 78.2. The van der Waals surface area contributed by atoms with Gasteiger partial charge in [0.25, 0.3) is 0 Å². The molecule has 4 unspecified atom stereocenters. The Hall–Kier alpha value is -12.0. The summed E-state index contributed by atoms with van der Waals surface area (Å²) >= 11 is 0. The third-order valence-corrected chi connectivity index (χ3v) is 17.1. The van der Waals surface area contributed by atoms with Crippen molar-refractivity contribution in [3.05, 3.63) is 250 Å². The van der Waals surface area contributed by atoms with Gasteiger partial charge in [0.1, 0.15) is 13.2 Å². The van der Waals surface area contributed by atoms with Crippen LogP contribution in [0.25, 0.3) is 0 Å². The van der Waals surface area contributed by atoms with Crippen LogP contribution in [0, 0.1) is 0 Å². The predicted octanol–water partition coefficient (Wildman–Crippen LogP) is 7.59. The summed E-state index contributed by atoms with van der Waals surface area (Å²) < 4.78 is 26.0. The molecule has 0 saturated carbocycles. The van der Waals surface area contributed by atoms with E-state index in [2.05, 4.69) is 77.3 Å². The molecule has 2 amide bonds. The van der Waals surface area contributed by atoms with Gasteiger partial charge in [0.05, 0.1) is 46.5 Å². The Morgan fingerprint density at radius 1 is 0.387 bits per heavy atom.